The molecule has 0 heterocycles. The Morgan fingerprint density at radius 1 is 1.15 bits per heavy atom. The molecule has 0 aliphatic carbocycles. The minimum atomic E-state index is -0.807. The summed E-state index contributed by atoms with van der Waals surface area (Å²) in [5.74, 6) is 1.01. The fourth-order valence-electron chi connectivity index (χ4n) is 2.08. The molecule has 0 fully saturated rings. The standard InChI is InChI=1S/C18H18Cl2N2O4/c1-11(26-15-8-7-13(19)9-14(15)20)18(23)22-21-10-12-5-4-6-16(24-2)17(12)25-3/h4-11H,1-3H3,(H,22,23). The van der Waals surface area contributed by atoms with Crippen LogP contribution in [0.25, 0.3) is 0 Å². The zero-order valence-electron chi connectivity index (χ0n) is 14.5. The molecule has 1 unspecified atom stereocenters. The molecule has 0 saturated carbocycles. The molecule has 2 rings (SSSR count). The molecule has 1 amide bonds. The van der Waals surface area contributed by atoms with Crippen molar-refractivity contribution in [1.29, 1.82) is 0 Å². The van der Waals surface area contributed by atoms with E-state index in [0.717, 1.165) is 0 Å². The monoisotopic (exact) mass is 396 g/mol. The van der Waals surface area contributed by atoms with E-state index < -0.39 is 12.0 Å². The summed E-state index contributed by atoms with van der Waals surface area (Å²) in [6.45, 7) is 1.59. The number of hydrazone groups is 1. The Hall–Kier alpha value is -2.44. The fourth-order valence-corrected chi connectivity index (χ4v) is 2.54. The number of benzene rings is 2. The average molecular weight is 397 g/mol. The highest BCUT2D eigenvalue weighted by Gasteiger charge is 2.16. The van der Waals surface area contributed by atoms with Gasteiger partial charge in [0, 0.05) is 10.6 Å². The summed E-state index contributed by atoms with van der Waals surface area (Å²) in [5.41, 5.74) is 3.06. The third kappa shape index (κ3) is 5.03. The molecule has 0 aliphatic rings. The molecule has 2 aromatic carbocycles. The number of methoxy groups -OCH3 is 2. The van der Waals surface area contributed by atoms with Crippen molar-refractivity contribution in [3.63, 3.8) is 0 Å². The largest absolute Gasteiger partial charge is 0.493 e. The van der Waals surface area contributed by atoms with E-state index in [1.54, 1.807) is 44.4 Å². The van der Waals surface area contributed by atoms with E-state index in [1.807, 2.05) is 0 Å². The third-order valence-electron chi connectivity index (χ3n) is 3.38. The molecule has 1 atom stereocenters. The Balaban J connectivity index is 2.00. The lowest BCUT2D eigenvalue weighted by atomic mass is 10.2. The van der Waals surface area contributed by atoms with E-state index in [9.17, 15) is 4.79 Å². The number of ether oxygens (including phenoxy) is 3. The first-order valence-electron chi connectivity index (χ1n) is 7.62. The molecule has 0 aromatic heterocycles. The van der Waals surface area contributed by atoms with Crippen LogP contribution in [0.3, 0.4) is 0 Å². The Kier molecular flexibility index (Phi) is 7.12. The number of para-hydroxylation sites is 1. The van der Waals surface area contributed by atoms with Crippen molar-refractivity contribution in [3.8, 4) is 17.2 Å². The first kappa shape index (κ1) is 19.9. The van der Waals surface area contributed by atoms with Crippen molar-refractivity contribution < 1.29 is 19.0 Å². The number of hydrogen-bond donors (Lipinski definition) is 1. The van der Waals surface area contributed by atoms with Gasteiger partial charge in [0.05, 0.1) is 25.5 Å². The van der Waals surface area contributed by atoms with Crippen molar-refractivity contribution in [2.45, 2.75) is 13.0 Å². The van der Waals surface area contributed by atoms with E-state index in [2.05, 4.69) is 10.5 Å². The molecule has 0 aliphatic heterocycles. The fraction of sp³-hybridized carbons (Fsp3) is 0.222. The molecule has 0 saturated heterocycles. The number of rotatable bonds is 7. The lowest BCUT2D eigenvalue weighted by molar-refractivity contribution is -0.127. The molecule has 6 nitrogen and oxygen atoms in total. The molecule has 0 radical (unpaired) electrons. The van der Waals surface area contributed by atoms with Crippen molar-refractivity contribution in [2.75, 3.05) is 14.2 Å². The zero-order chi connectivity index (χ0) is 19.1. The van der Waals surface area contributed by atoms with Gasteiger partial charge < -0.3 is 14.2 Å². The molecule has 0 spiro atoms. The van der Waals surface area contributed by atoms with Crippen LogP contribution in [-0.4, -0.2) is 32.4 Å². The van der Waals surface area contributed by atoms with Crippen LogP contribution in [0, 0.1) is 0 Å². The van der Waals surface area contributed by atoms with Gasteiger partial charge in [-0.15, -0.1) is 0 Å². The van der Waals surface area contributed by atoms with Gasteiger partial charge in [-0.1, -0.05) is 29.3 Å². The van der Waals surface area contributed by atoms with Gasteiger partial charge in [0.25, 0.3) is 5.91 Å². The number of nitrogens with zero attached hydrogens (tertiary/aromatic N) is 1. The summed E-state index contributed by atoms with van der Waals surface area (Å²) < 4.78 is 16.0. The second-order valence-electron chi connectivity index (χ2n) is 5.15. The summed E-state index contributed by atoms with van der Waals surface area (Å²) in [4.78, 5) is 12.1. The molecule has 0 bridgehead atoms. The first-order valence-corrected chi connectivity index (χ1v) is 8.37. The Labute approximate surface area is 161 Å². The summed E-state index contributed by atoms with van der Waals surface area (Å²) in [6, 6.07) is 10.1. The Morgan fingerprint density at radius 2 is 1.92 bits per heavy atom. The Bertz CT molecular complexity index is 812. The van der Waals surface area contributed by atoms with Crippen LogP contribution in [0.2, 0.25) is 10.0 Å². The molecule has 8 heteroatoms. The third-order valence-corrected chi connectivity index (χ3v) is 3.91. The minimum Gasteiger partial charge on any atom is -0.493 e. The summed E-state index contributed by atoms with van der Waals surface area (Å²) in [5, 5.41) is 4.73. The smallest absolute Gasteiger partial charge is 0.280 e. The maximum absolute atomic E-state index is 12.1. The molecular weight excluding hydrogens is 379 g/mol. The topological polar surface area (TPSA) is 69.2 Å². The summed E-state index contributed by atoms with van der Waals surface area (Å²) in [7, 11) is 3.07. The van der Waals surface area contributed by atoms with E-state index in [1.165, 1.54) is 19.4 Å². The number of hydrogen-bond acceptors (Lipinski definition) is 5. The number of nitrogens with one attached hydrogen (secondary N) is 1. The SMILES string of the molecule is COc1cccc(C=NNC(=O)C(C)Oc2ccc(Cl)cc2Cl)c1OC. The van der Waals surface area contributed by atoms with Crippen LogP contribution < -0.4 is 19.6 Å². The molecule has 1 N–H and O–H groups in total. The van der Waals surface area contributed by atoms with Gasteiger partial charge >= 0.3 is 0 Å². The van der Waals surface area contributed by atoms with E-state index in [4.69, 9.17) is 37.4 Å². The van der Waals surface area contributed by atoms with Crippen LogP contribution in [-0.2, 0) is 4.79 Å². The number of carbonyl (C=O) groups excluding carboxylic acids is 1. The van der Waals surface area contributed by atoms with Crippen LogP contribution in [0.1, 0.15) is 12.5 Å². The van der Waals surface area contributed by atoms with Crippen molar-refractivity contribution >= 4 is 35.3 Å². The van der Waals surface area contributed by atoms with Crippen molar-refractivity contribution in [3.05, 3.63) is 52.0 Å². The first-order chi connectivity index (χ1) is 12.5. The zero-order valence-corrected chi connectivity index (χ0v) is 16.0. The van der Waals surface area contributed by atoms with Crippen molar-refractivity contribution in [2.24, 2.45) is 5.10 Å². The van der Waals surface area contributed by atoms with Gasteiger partial charge in [-0.2, -0.15) is 5.10 Å². The predicted octanol–water partition coefficient (Wildman–Crippen LogP) is 3.93. The lowest BCUT2D eigenvalue weighted by Gasteiger charge is -2.14. The van der Waals surface area contributed by atoms with Gasteiger partial charge in [-0.05, 0) is 37.3 Å². The highest BCUT2D eigenvalue weighted by molar-refractivity contribution is 6.35. The minimum absolute atomic E-state index is 0.321. The maximum atomic E-state index is 12.1. The van der Waals surface area contributed by atoms with Crippen LogP contribution in [0.4, 0.5) is 0 Å². The van der Waals surface area contributed by atoms with Gasteiger partial charge in [0.1, 0.15) is 5.75 Å². The number of amides is 1. The molecule has 26 heavy (non-hydrogen) atoms. The van der Waals surface area contributed by atoms with Gasteiger partial charge in [0.15, 0.2) is 17.6 Å². The van der Waals surface area contributed by atoms with Gasteiger partial charge in [-0.25, -0.2) is 5.43 Å². The highest BCUT2D eigenvalue weighted by atomic mass is 35.5. The summed E-state index contributed by atoms with van der Waals surface area (Å²) in [6.07, 6.45) is 0.652. The molecule has 2 aromatic rings. The summed E-state index contributed by atoms with van der Waals surface area (Å²) >= 11 is 11.9. The second-order valence-corrected chi connectivity index (χ2v) is 6.00. The predicted molar refractivity (Wildman–Crippen MR) is 102 cm³/mol. The van der Waals surface area contributed by atoms with Gasteiger partial charge in [0.2, 0.25) is 0 Å². The van der Waals surface area contributed by atoms with Gasteiger partial charge in [-0.3, -0.25) is 4.79 Å². The number of halogens is 2. The molecular formula is C18H18Cl2N2O4. The quantitative estimate of drug-likeness (QED) is 0.568. The normalized spacial score (nSPS) is 11.9. The lowest BCUT2D eigenvalue weighted by Crippen LogP contribution is -2.33. The second kappa shape index (κ2) is 9.31. The van der Waals surface area contributed by atoms with E-state index in [0.29, 0.717) is 32.9 Å². The van der Waals surface area contributed by atoms with E-state index in [-0.39, 0.29) is 0 Å². The maximum Gasteiger partial charge on any atom is 0.280 e. The van der Waals surface area contributed by atoms with Crippen molar-refractivity contribution in [1.82, 2.24) is 5.43 Å². The Morgan fingerprint density at radius 3 is 2.58 bits per heavy atom. The molecule has 138 valence electrons. The highest BCUT2D eigenvalue weighted by Crippen LogP contribution is 2.29. The average Bonchev–Trinajstić information content (AvgIpc) is 2.63. The number of carbonyl (C=O) groups is 1. The van der Waals surface area contributed by atoms with Crippen LogP contribution >= 0.6 is 23.2 Å². The van der Waals surface area contributed by atoms with Crippen LogP contribution in [0.15, 0.2) is 41.5 Å². The van der Waals surface area contributed by atoms with Crippen LogP contribution in [0.5, 0.6) is 17.2 Å². The van der Waals surface area contributed by atoms with E-state index >= 15 is 0 Å².